The Morgan fingerprint density at radius 1 is 1.32 bits per heavy atom. The van der Waals surface area contributed by atoms with E-state index < -0.39 is 0 Å². The Bertz CT molecular complexity index is 611. The van der Waals surface area contributed by atoms with Crippen LogP contribution in [0.3, 0.4) is 0 Å². The van der Waals surface area contributed by atoms with Crippen LogP contribution in [0.5, 0.6) is 0 Å². The van der Waals surface area contributed by atoms with E-state index in [9.17, 15) is 0 Å². The molecule has 0 radical (unpaired) electrons. The molecule has 4 nitrogen and oxygen atoms in total. The molecule has 3 aliphatic heterocycles. The highest BCUT2D eigenvalue weighted by molar-refractivity contribution is 5.92. The quantitative estimate of drug-likeness (QED) is 0.830. The largest absolute Gasteiger partial charge is 0.358 e. The van der Waals surface area contributed by atoms with Gasteiger partial charge < -0.3 is 14.7 Å². The van der Waals surface area contributed by atoms with Gasteiger partial charge >= 0.3 is 0 Å². The van der Waals surface area contributed by atoms with Crippen molar-refractivity contribution >= 4 is 16.7 Å². The number of rotatable bonds is 3. The summed E-state index contributed by atoms with van der Waals surface area (Å²) in [6.07, 6.45) is 3.46. The van der Waals surface area contributed by atoms with E-state index in [2.05, 4.69) is 28.1 Å². The van der Waals surface area contributed by atoms with Crippen molar-refractivity contribution in [3.8, 4) is 0 Å². The second-order valence-corrected chi connectivity index (χ2v) is 5.61. The Morgan fingerprint density at radius 2 is 2.16 bits per heavy atom. The molecule has 2 bridgehead atoms. The summed E-state index contributed by atoms with van der Waals surface area (Å²) in [5, 5.41) is 1.40. The van der Waals surface area contributed by atoms with Gasteiger partial charge in [0.05, 0.1) is 12.1 Å². The lowest BCUT2D eigenvalue weighted by Crippen LogP contribution is -2.38. The van der Waals surface area contributed by atoms with Crippen molar-refractivity contribution in [3.63, 3.8) is 0 Å². The van der Waals surface area contributed by atoms with Crippen molar-refractivity contribution in [2.75, 3.05) is 24.6 Å². The van der Waals surface area contributed by atoms with Crippen LogP contribution in [0.1, 0.15) is 29.9 Å². The summed E-state index contributed by atoms with van der Waals surface area (Å²) >= 11 is 0. The molecule has 1 aromatic carbocycles. The average molecular weight is 257 g/mol. The molecule has 3 N–H and O–H groups in total. The standard InChI is InChI=1S/C15H19N3O/c16-19-9-6-11-2-1-3-12-13-10-4-7-18(8-5-10)15(13)17-14(11)12/h1-3,10,17H,4-9,16H2. The minimum atomic E-state index is 0.565. The van der Waals surface area contributed by atoms with Crippen LogP contribution in [0.15, 0.2) is 18.2 Å². The molecule has 5 rings (SSSR count). The fourth-order valence-electron chi connectivity index (χ4n) is 3.72. The normalized spacial score (nSPS) is 18.3. The smallest absolute Gasteiger partial charge is 0.110 e. The van der Waals surface area contributed by atoms with E-state index in [0.717, 1.165) is 12.3 Å². The lowest BCUT2D eigenvalue weighted by molar-refractivity contribution is 0.141. The van der Waals surface area contributed by atoms with Crippen molar-refractivity contribution in [1.82, 2.24) is 4.98 Å². The molecule has 1 aromatic heterocycles. The third-order valence-corrected chi connectivity index (χ3v) is 4.65. The zero-order valence-corrected chi connectivity index (χ0v) is 11.0. The summed E-state index contributed by atoms with van der Waals surface area (Å²) in [6.45, 7) is 2.97. The molecular formula is C15H19N3O. The topological polar surface area (TPSA) is 54.3 Å². The van der Waals surface area contributed by atoms with Gasteiger partial charge in [-0.1, -0.05) is 18.2 Å². The van der Waals surface area contributed by atoms with Crippen LogP contribution in [0.4, 0.5) is 5.82 Å². The summed E-state index contributed by atoms with van der Waals surface area (Å²) in [5.74, 6) is 7.26. The van der Waals surface area contributed by atoms with Gasteiger partial charge in [0.15, 0.2) is 0 Å². The average Bonchev–Trinajstić information content (AvgIpc) is 2.88. The molecule has 0 unspecified atom stereocenters. The molecule has 0 spiro atoms. The van der Waals surface area contributed by atoms with Crippen LogP contribution in [0, 0.1) is 0 Å². The van der Waals surface area contributed by atoms with Crippen LogP contribution in [-0.4, -0.2) is 24.7 Å². The Balaban J connectivity index is 1.88. The van der Waals surface area contributed by atoms with E-state index in [4.69, 9.17) is 10.7 Å². The first kappa shape index (κ1) is 11.3. The molecule has 0 saturated carbocycles. The van der Waals surface area contributed by atoms with Crippen molar-refractivity contribution in [2.45, 2.75) is 25.2 Å². The van der Waals surface area contributed by atoms with E-state index in [0.29, 0.717) is 6.61 Å². The molecular weight excluding hydrogens is 238 g/mol. The number of nitrogens with zero attached hydrogens (tertiary/aromatic N) is 1. The summed E-state index contributed by atoms with van der Waals surface area (Å²) in [4.78, 5) is 10.9. The number of benzene rings is 1. The number of hydrogen-bond donors (Lipinski definition) is 2. The second-order valence-electron chi connectivity index (χ2n) is 5.61. The third-order valence-electron chi connectivity index (χ3n) is 4.65. The van der Waals surface area contributed by atoms with Gasteiger partial charge in [-0.25, -0.2) is 5.90 Å². The maximum Gasteiger partial charge on any atom is 0.110 e. The number of aromatic amines is 1. The van der Waals surface area contributed by atoms with Crippen molar-refractivity contribution in [3.05, 3.63) is 29.3 Å². The molecule has 19 heavy (non-hydrogen) atoms. The molecule has 0 aliphatic carbocycles. The predicted octanol–water partition coefficient (Wildman–Crippen LogP) is 2.30. The number of H-pyrrole nitrogens is 1. The van der Waals surface area contributed by atoms with Crippen LogP contribution < -0.4 is 10.8 Å². The summed E-state index contributed by atoms with van der Waals surface area (Å²) in [6, 6.07) is 6.57. The first-order valence-electron chi connectivity index (χ1n) is 7.08. The Kier molecular flexibility index (Phi) is 2.53. The number of para-hydroxylation sites is 1. The van der Waals surface area contributed by atoms with Gasteiger partial charge in [0.1, 0.15) is 5.82 Å². The molecule has 100 valence electrons. The first-order chi connectivity index (χ1) is 9.38. The van der Waals surface area contributed by atoms with Gasteiger partial charge in [-0.3, -0.25) is 0 Å². The molecule has 4 heteroatoms. The number of anilines is 1. The first-order valence-corrected chi connectivity index (χ1v) is 7.08. The van der Waals surface area contributed by atoms with E-state index >= 15 is 0 Å². The molecule has 0 amide bonds. The van der Waals surface area contributed by atoms with E-state index in [1.165, 1.54) is 48.2 Å². The number of nitrogens with two attached hydrogens (primary N) is 1. The van der Waals surface area contributed by atoms with Crippen LogP contribution in [-0.2, 0) is 11.3 Å². The maximum absolute atomic E-state index is 5.15. The fourth-order valence-corrected chi connectivity index (χ4v) is 3.72. The summed E-state index contributed by atoms with van der Waals surface area (Å²) < 4.78 is 0. The van der Waals surface area contributed by atoms with Crippen LogP contribution >= 0.6 is 0 Å². The predicted molar refractivity (Wildman–Crippen MR) is 76.3 cm³/mol. The number of fused-ring (bicyclic) bond motifs is 3. The molecule has 3 aliphatic rings. The van der Waals surface area contributed by atoms with Crippen LogP contribution in [0.25, 0.3) is 10.9 Å². The van der Waals surface area contributed by atoms with Gasteiger partial charge in [-0.05, 0) is 30.7 Å². The van der Waals surface area contributed by atoms with Gasteiger partial charge in [-0.15, -0.1) is 0 Å². The SMILES string of the molecule is NOCCc1cccc2c3c([nH]c12)N1CCC3CC1. The van der Waals surface area contributed by atoms with Crippen molar-refractivity contribution in [1.29, 1.82) is 0 Å². The Morgan fingerprint density at radius 3 is 2.95 bits per heavy atom. The Hall–Kier alpha value is -1.52. The Labute approximate surface area is 112 Å². The molecule has 0 atom stereocenters. The van der Waals surface area contributed by atoms with Gasteiger partial charge in [0, 0.05) is 24.0 Å². The van der Waals surface area contributed by atoms with E-state index in [1.807, 2.05) is 0 Å². The van der Waals surface area contributed by atoms with Gasteiger partial charge in [0.25, 0.3) is 0 Å². The number of hydrogen-bond acceptors (Lipinski definition) is 3. The number of nitrogens with one attached hydrogen (secondary N) is 1. The summed E-state index contributed by atoms with van der Waals surface area (Å²) in [7, 11) is 0. The highest BCUT2D eigenvalue weighted by Crippen LogP contribution is 2.46. The number of aromatic nitrogens is 1. The maximum atomic E-state index is 5.15. The molecule has 4 heterocycles. The zero-order valence-electron chi connectivity index (χ0n) is 11.0. The van der Waals surface area contributed by atoms with Crippen LogP contribution in [0.2, 0.25) is 0 Å². The van der Waals surface area contributed by atoms with Gasteiger partial charge in [0.2, 0.25) is 0 Å². The van der Waals surface area contributed by atoms with E-state index in [-0.39, 0.29) is 0 Å². The monoisotopic (exact) mass is 257 g/mol. The lowest BCUT2D eigenvalue weighted by Gasteiger charge is -2.40. The van der Waals surface area contributed by atoms with E-state index in [1.54, 1.807) is 5.56 Å². The van der Waals surface area contributed by atoms with Gasteiger partial charge in [-0.2, -0.15) is 0 Å². The highest BCUT2D eigenvalue weighted by Gasteiger charge is 2.33. The minimum absolute atomic E-state index is 0.565. The number of piperidine rings is 1. The molecule has 2 aromatic rings. The third kappa shape index (κ3) is 1.60. The molecule has 1 fully saturated rings. The second kappa shape index (κ2) is 4.25. The van der Waals surface area contributed by atoms with Crippen molar-refractivity contribution < 1.29 is 4.84 Å². The highest BCUT2D eigenvalue weighted by atomic mass is 16.6. The zero-order chi connectivity index (χ0) is 12.8. The van der Waals surface area contributed by atoms with Crippen molar-refractivity contribution in [2.24, 2.45) is 5.90 Å². The minimum Gasteiger partial charge on any atom is -0.358 e. The summed E-state index contributed by atoms with van der Waals surface area (Å²) in [5.41, 5.74) is 4.13. The lowest BCUT2D eigenvalue weighted by atomic mass is 9.84. The fraction of sp³-hybridized carbons (Fsp3) is 0.467. The molecule has 1 saturated heterocycles.